The molecule has 0 bridgehead atoms. The molecule has 0 spiro atoms. The largest absolute Gasteiger partial charge is 0.410 e. The van der Waals surface area contributed by atoms with E-state index in [1.807, 2.05) is 0 Å². The summed E-state index contributed by atoms with van der Waals surface area (Å²) in [6, 6.07) is 0. The van der Waals surface area contributed by atoms with Crippen LogP contribution < -0.4 is 0 Å². The van der Waals surface area contributed by atoms with Gasteiger partial charge in [-0.1, -0.05) is 32.9 Å². The fourth-order valence-corrected chi connectivity index (χ4v) is 2.93. The van der Waals surface area contributed by atoms with Gasteiger partial charge in [-0.3, -0.25) is 0 Å². The lowest BCUT2D eigenvalue weighted by molar-refractivity contribution is -0.00578. The Morgan fingerprint density at radius 1 is 1.15 bits per heavy atom. The van der Waals surface area contributed by atoms with Crippen molar-refractivity contribution >= 4 is 8.32 Å². The highest BCUT2D eigenvalue weighted by Gasteiger charge is 2.39. The van der Waals surface area contributed by atoms with Crippen molar-refractivity contribution in [2.24, 2.45) is 0 Å². The third-order valence-corrected chi connectivity index (χ3v) is 8.60. The van der Waals surface area contributed by atoms with Crippen molar-refractivity contribution in [2.45, 2.75) is 76.5 Å². The number of hydrogen-bond acceptors (Lipinski definition) is 3. The zero-order valence-corrected chi connectivity index (χ0v) is 14.7. The van der Waals surface area contributed by atoms with Crippen LogP contribution >= 0.6 is 0 Å². The Kier molecular flexibility index (Phi) is 7.95. The molecule has 4 heteroatoms. The summed E-state index contributed by atoms with van der Waals surface area (Å²) in [6.45, 7) is 18.3. The second-order valence-electron chi connectivity index (χ2n) is 6.89. The molecule has 2 N–H and O–H groups in total. The third-order valence-electron chi connectivity index (χ3n) is 4.10. The maximum Gasteiger partial charge on any atom is 0.192 e. The predicted octanol–water partition coefficient (Wildman–Crippen LogP) is 3.64. The van der Waals surface area contributed by atoms with E-state index in [1.54, 1.807) is 12.2 Å². The van der Waals surface area contributed by atoms with Gasteiger partial charge in [0.1, 0.15) is 0 Å². The first-order valence-corrected chi connectivity index (χ1v) is 10.2. The standard InChI is InChI=1S/C16H32O3Si/c1-8-10-11-14(17)15(18)12-13(9-2)19-20(6,7)16(3,4)5/h8-9,13-15,17-18H,1-2,10-12H2,3-7H3/t13-,14-,15+/m0/s1. The molecule has 3 atom stereocenters. The number of hydrogen-bond donors (Lipinski definition) is 2. The lowest BCUT2D eigenvalue weighted by Gasteiger charge is -2.39. The topological polar surface area (TPSA) is 49.7 Å². The summed E-state index contributed by atoms with van der Waals surface area (Å²) < 4.78 is 6.21. The molecule has 0 aliphatic rings. The summed E-state index contributed by atoms with van der Waals surface area (Å²) in [4.78, 5) is 0. The van der Waals surface area contributed by atoms with Crippen LogP contribution in [0.2, 0.25) is 18.1 Å². The van der Waals surface area contributed by atoms with Crippen LogP contribution in [0.5, 0.6) is 0 Å². The van der Waals surface area contributed by atoms with Crippen LogP contribution in [0.3, 0.4) is 0 Å². The molecular weight excluding hydrogens is 268 g/mol. The quantitative estimate of drug-likeness (QED) is 0.505. The van der Waals surface area contributed by atoms with Gasteiger partial charge in [-0.25, -0.2) is 0 Å². The monoisotopic (exact) mass is 300 g/mol. The maximum atomic E-state index is 10.0. The molecule has 0 aromatic heterocycles. The van der Waals surface area contributed by atoms with Gasteiger partial charge in [0.15, 0.2) is 8.32 Å². The summed E-state index contributed by atoms with van der Waals surface area (Å²) in [5, 5.41) is 20.0. The van der Waals surface area contributed by atoms with E-state index in [1.165, 1.54) is 0 Å². The molecule has 0 aromatic carbocycles. The zero-order valence-electron chi connectivity index (χ0n) is 13.7. The first-order valence-electron chi connectivity index (χ1n) is 7.32. The van der Waals surface area contributed by atoms with Crippen LogP contribution in [0.25, 0.3) is 0 Å². The minimum atomic E-state index is -1.90. The summed E-state index contributed by atoms with van der Waals surface area (Å²) in [7, 11) is -1.90. The Morgan fingerprint density at radius 2 is 1.70 bits per heavy atom. The lowest BCUT2D eigenvalue weighted by atomic mass is 10.0. The van der Waals surface area contributed by atoms with Crippen molar-refractivity contribution in [3.05, 3.63) is 25.3 Å². The SMILES string of the molecule is C=CCC[C@H](O)[C@H](O)C[C@H](C=C)O[Si](C)(C)C(C)(C)C. The number of allylic oxidation sites excluding steroid dienone is 1. The van der Waals surface area contributed by atoms with Gasteiger partial charge < -0.3 is 14.6 Å². The third kappa shape index (κ3) is 6.35. The molecule has 0 unspecified atom stereocenters. The number of aliphatic hydroxyl groups is 2. The summed E-state index contributed by atoms with van der Waals surface area (Å²) in [5.74, 6) is 0. The zero-order chi connectivity index (χ0) is 16.0. The van der Waals surface area contributed by atoms with Gasteiger partial charge in [-0.2, -0.15) is 0 Å². The van der Waals surface area contributed by atoms with E-state index in [9.17, 15) is 10.2 Å². The van der Waals surface area contributed by atoms with E-state index in [0.717, 1.165) is 0 Å². The molecule has 20 heavy (non-hydrogen) atoms. The minimum absolute atomic E-state index is 0.112. The lowest BCUT2D eigenvalue weighted by Crippen LogP contribution is -2.44. The van der Waals surface area contributed by atoms with Crippen molar-refractivity contribution in [1.82, 2.24) is 0 Å². The van der Waals surface area contributed by atoms with Crippen LogP contribution in [-0.2, 0) is 4.43 Å². The highest BCUT2D eigenvalue weighted by molar-refractivity contribution is 6.74. The number of rotatable bonds is 9. The van der Waals surface area contributed by atoms with Crippen LogP contribution in [0.4, 0.5) is 0 Å². The van der Waals surface area contributed by atoms with E-state index < -0.39 is 20.5 Å². The van der Waals surface area contributed by atoms with Gasteiger partial charge in [0.25, 0.3) is 0 Å². The molecule has 0 saturated heterocycles. The fourth-order valence-electron chi connectivity index (χ4n) is 1.62. The minimum Gasteiger partial charge on any atom is -0.410 e. The molecule has 0 fully saturated rings. The van der Waals surface area contributed by atoms with E-state index in [0.29, 0.717) is 19.3 Å². The Bertz CT molecular complexity index is 307. The Hall–Kier alpha value is -0.423. The molecule has 118 valence electrons. The average Bonchev–Trinajstić information content (AvgIpc) is 2.33. The van der Waals surface area contributed by atoms with E-state index in [2.05, 4.69) is 47.0 Å². The van der Waals surface area contributed by atoms with Gasteiger partial charge in [0, 0.05) is 6.42 Å². The van der Waals surface area contributed by atoms with Crippen molar-refractivity contribution in [3.8, 4) is 0 Å². The Balaban J connectivity index is 4.56. The summed E-state index contributed by atoms with van der Waals surface area (Å²) in [5.41, 5.74) is 0. The smallest absolute Gasteiger partial charge is 0.192 e. The average molecular weight is 301 g/mol. The van der Waals surface area contributed by atoms with Crippen LogP contribution in [-0.4, -0.2) is 36.8 Å². The van der Waals surface area contributed by atoms with Gasteiger partial charge in [-0.15, -0.1) is 13.2 Å². The molecule has 0 aliphatic heterocycles. The molecular formula is C16H32O3Si. The van der Waals surface area contributed by atoms with Gasteiger partial charge in [0.2, 0.25) is 0 Å². The molecule has 0 aromatic rings. The maximum absolute atomic E-state index is 10.0. The fraction of sp³-hybridized carbons (Fsp3) is 0.750. The second-order valence-corrected chi connectivity index (χ2v) is 11.6. The normalized spacial score (nSPS) is 17.4. The van der Waals surface area contributed by atoms with E-state index in [-0.39, 0.29) is 11.1 Å². The number of aliphatic hydroxyl groups excluding tert-OH is 2. The molecule has 0 radical (unpaired) electrons. The Morgan fingerprint density at radius 3 is 2.10 bits per heavy atom. The molecule has 0 amide bonds. The highest BCUT2D eigenvalue weighted by Crippen LogP contribution is 2.37. The van der Waals surface area contributed by atoms with Crippen LogP contribution in [0, 0.1) is 0 Å². The van der Waals surface area contributed by atoms with Crippen molar-refractivity contribution in [2.75, 3.05) is 0 Å². The van der Waals surface area contributed by atoms with Gasteiger partial charge in [-0.05, 0) is 31.0 Å². The summed E-state index contributed by atoms with van der Waals surface area (Å²) in [6.07, 6.45) is 3.32. The van der Waals surface area contributed by atoms with Crippen molar-refractivity contribution < 1.29 is 14.6 Å². The van der Waals surface area contributed by atoms with Crippen LogP contribution in [0.15, 0.2) is 25.3 Å². The first-order chi connectivity index (χ1) is 9.05. The molecule has 3 nitrogen and oxygen atoms in total. The van der Waals surface area contributed by atoms with Crippen LogP contribution in [0.1, 0.15) is 40.0 Å². The second kappa shape index (κ2) is 8.13. The van der Waals surface area contributed by atoms with E-state index >= 15 is 0 Å². The summed E-state index contributed by atoms with van der Waals surface area (Å²) >= 11 is 0. The highest BCUT2D eigenvalue weighted by atomic mass is 28.4. The molecule has 0 saturated carbocycles. The van der Waals surface area contributed by atoms with Gasteiger partial charge in [0.05, 0.1) is 18.3 Å². The molecule has 0 heterocycles. The predicted molar refractivity (Wildman–Crippen MR) is 88.3 cm³/mol. The molecule has 0 rings (SSSR count). The van der Waals surface area contributed by atoms with Gasteiger partial charge >= 0.3 is 0 Å². The van der Waals surface area contributed by atoms with Crippen molar-refractivity contribution in [3.63, 3.8) is 0 Å². The first kappa shape index (κ1) is 19.6. The van der Waals surface area contributed by atoms with Crippen molar-refractivity contribution in [1.29, 1.82) is 0 Å². The molecule has 0 aliphatic carbocycles. The Labute approximate surface area is 125 Å². The van der Waals surface area contributed by atoms with E-state index in [4.69, 9.17) is 4.43 Å².